The van der Waals surface area contributed by atoms with Crippen LogP contribution < -0.4 is 10.0 Å². The summed E-state index contributed by atoms with van der Waals surface area (Å²) in [5.41, 5.74) is 2.48. The largest absolute Gasteiger partial charge is 0.346 e. The first-order valence-electron chi connectivity index (χ1n) is 4.21. The molecule has 0 spiro atoms. The Hall–Kier alpha value is -1.16. The van der Waals surface area contributed by atoms with Crippen LogP contribution in [0.2, 0.25) is 0 Å². The minimum Gasteiger partial charge on any atom is -0.346 e. The van der Waals surface area contributed by atoms with Crippen molar-refractivity contribution in [3.05, 3.63) is 34.5 Å². The van der Waals surface area contributed by atoms with Crippen LogP contribution in [0.4, 0.5) is 0 Å². The van der Waals surface area contributed by atoms with Crippen molar-refractivity contribution in [2.24, 2.45) is 4.99 Å². The van der Waals surface area contributed by atoms with Gasteiger partial charge in [-0.1, -0.05) is 0 Å². The van der Waals surface area contributed by atoms with Crippen LogP contribution in [-0.2, 0) is 0 Å². The van der Waals surface area contributed by atoms with Crippen LogP contribution in [0.15, 0.2) is 39.5 Å². The molecule has 2 aliphatic heterocycles. The van der Waals surface area contributed by atoms with E-state index in [0.29, 0.717) is 0 Å². The average Bonchev–Trinajstić information content (AvgIpc) is 2.65. The molecule has 3 rings (SSSR count). The molecule has 0 saturated heterocycles. The molecule has 1 atom stereocenters. The van der Waals surface area contributed by atoms with Gasteiger partial charge in [-0.3, -0.25) is 4.99 Å². The lowest BCUT2D eigenvalue weighted by atomic mass is 10.0. The van der Waals surface area contributed by atoms with Gasteiger partial charge in [0.05, 0.1) is 5.84 Å². The minimum absolute atomic E-state index is 0.211. The summed E-state index contributed by atoms with van der Waals surface area (Å²) in [5.74, 6) is 1.00. The monoisotopic (exact) mass is 191 g/mol. The van der Waals surface area contributed by atoms with Gasteiger partial charge in [-0.05, 0) is 31.0 Å². The Labute approximate surface area is 80.8 Å². The summed E-state index contributed by atoms with van der Waals surface area (Å²) in [6, 6.07) is 0.211. The van der Waals surface area contributed by atoms with Crippen molar-refractivity contribution in [3.8, 4) is 0 Å². The summed E-state index contributed by atoms with van der Waals surface area (Å²) in [5, 5.41) is 3.26. The van der Waals surface area contributed by atoms with Crippen molar-refractivity contribution in [2.75, 3.05) is 0 Å². The molecule has 0 aromatic heterocycles. The molecule has 13 heavy (non-hydrogen) atoms. The first-order chi connectivity index (χ1) is 6.34. The summed E-state index contributed by atoms with van der Waals surface area (Å²) in [4.78, 5) is 5.81. The molecular formula is C9H9N3S. The van der Waals surface area contributed by atoms with E-state index in [1.54, 1.807) is 11.9 Å². The predicted octanol–water partition coefficient (Wildman–Crippen LogP) is 1.29. The second-order valence-corrected chi connectivity index (χ2v) is 4.09. The third kappa shape index (κ3) is 0.951. The third-order valence-electron chi connectivity index (χ3n) is 2.32. The Morgan fingerprint density at radius 1 is 1.46 bits per heavy atom. The van der Waals surface area contributed by atoms with Crippen molar-refractivity contribution < 1.29 is 0 Å². The van der Waals surface area contributed by atoms with Gasteiger partial charge in [-0.25, -0.2) is 0 Å². The molecule has 0 saturated carbocycles. The van der Waals surface area contributed by atoms with E-state index in [-0.39, 0.29) is 6.04 Å². The quantitative estimate of drug-likeness (QED) is 0.566. The SMILES string of the molecule is CC1=NC2C(=CC=C3SNC=C32)N1. The highest BCUT2D eigenvalue weighted by atomic mass is 32.2. The Bertz CT molecular complexity index is 390. The van der Waals surface area contributed by atoms with E-state index in [4.69, 9.17) is 0 Å². The standard InChI is InChI=1S/C9H9N3S/c1-5-11-7-2-3-8-6(4-10-13-8)9(7)12-5/h2-4,9-10H,1H3,(H,11,12). The van der Waals surface area contributed by atoms with Gasteiger partial charge in [-0.2, -0.15) is 0 Å². The van der Waals surface area contributed by atoms with Gasteiger partial charge >= 0.3 is 0 Å². The van der Waals surface area contributed by atoms with E-state index < -0.39 is 0 Å². The summed E-state index contributed by atoms with van der Waals surface area (Å²) in [7, 11) is 0. The van der Waals surface area contributed by atoms with E-state index in [0.717, 1.165) is 5.84 Å². The maximum Gasteiger partial charge on any atom is 0.119 e. The third-order valence-corrected chi connectivity index (χ3v) is 3.15. The van der Waals surface area contributed by atoms with Crippen LogP contribution >= 0.6 is 11.9 Å². The van der Waals surface area contributed by atoms with Gasteiger partial charge in [0.15, 0.2) is 0 Å². The second-order valence-electron chi connectivity index (χ2n) is 3.21. The zero-order chi connectivity index (χ0) is 8.84. The molecular weight excluding hydrogens is 182 g/mol. The van der Waals surface area contributed by atoms with Crippen LogP contribution in [0.1, 0.15) is 6.92 Å². The number of fused-ring (bicyclic) bond motifs is 3. The summed E-state index contributed by atoms with van der Waals surface area (Å²) < 4.78 is 3.15. The zero-order valence-electron chi connectivity index (χ0n) is 7.16. The molecule has 1 aliphatic carbocycles. The zero-order valence-corrected chi connectivity index (χ0v) is 7.98. The highest BCUT2D eigenvalue weighted by Gasteiger charge is 2.31. The molecule has 2 heterocycles. The van der Waals surface area contributed by atoms with E-state index >= 15 is 0 Å². The van der Waals surface area contributed by atoms with Crippen LogP contribution in [0, 0.1) is 0 Å². The molecule has 66 valence electrons. The van der Waals surface area contributed by atoms with Crippen molar-refractivity contribution in [1.29, 1.82) is 0 Å². The van der Waals surface area contributed by atoms with Gasteiger partial charge < -0.3 is 10.0 Å². The Morgan fingerprint density at radius 3 is 3.31 bits per heavy atom. The number of hydrogen-bond acceptors (Lipinski definition) is 4. The molecule has 0 radical (unpaired) electrons. The predicted molar refractivity (Wildman–Crippen MR) is 55.0 cm³/mol. The molecule has 3 nitrogen and oxygen atoms in total. The lowest BCUT2D eigenvalue weighted by Crippen LogP contribution is -2.19. The number of rotatable bonds is 0. The number of aliphatic imine (C=N–C) groups is 1. The van der Waals surface area contributed by atoms with Gasteiger partial charge in [0.2, 0.25) is 0 Å². The molecule has 0 aromatic carbocycles. The van der Waals surface area contributed by atoms with Crippen LogP contribution in [-0.4, -0.2) is 11.9 Å². The highest BCUT2D eigenvalue weighted by molar-refractivity contribution is 8.01. The molecule has 1 unspecified atom stereocenters. The number of nitrogens with zero attached hydrogens (tertiary/aromatic N) is 1. The van der Waals surface area contributed by atoms with Crippen molar-refractivity contribution in [3.63, 3.8) is 0 Å². The number of nitrogens with one attached hydrogen (secondary N) is 2. The van der Waals surface area contributed by atoms with Crippen molar-refractivity contribution in [1.82, 2.24) is 10.0 Å². The maximum absolute atomic E-state index is 4.53. The summed E-state index contributed by atoms with van der Waals surface area (Å²) in [6.07, 6.45) is 6.28. The van der Waals surface area contributed by atoms with Gasteiger partial charge in [0.1, 0.15) is 6.04 Å². The van der Waals surface area contributed by atoms with Crippen LogP contribution in [0.25, 0.3) is 0 Å². The lowest BCUT2D eigenvalue weighted by Gasteiger charge is -2.15. The number of amidine groups is 1. The molecule has 2 N–H and O–H groups in total. The summed E-state index contributed by atoms with van der Waals surface area (Å²) in [6.45, 7) is 1.99. The molecule has 0 bridgehead atoms. The van der Waals surface area contributed by atoms with Crippen LogP contribution in [0.3, 0.4) is 0 Å². The van der Waals surface area contributed by atoms with Crippen LogP contribution in [0.5, 0.6) is 0 Å². The average molecular weight is 191 g/mol. The van der Waals surface area contributed by atoms with Gasteiger partial charge in [-0.15, -0.1) is 0 Å². The first-order valence-corrected chi connectivity index (χ1v) is 5.02. The minimum atomic E-state index is 0.211. The smallest absolute Gasteiger partial charge is 0.119 e. The van der Waals surface area contributed by atoms with Crippen molar-refractivity contribution >= 4 is 17.8 Å². The number of allylic oxidation sites excluding steroid dienone is 2. The van der Waals surface area contributed by atoms with Gasteiger partial charge in [0.25, 0.3) is 0 Å². The molecule has 3 aliphatic rings. The Balaban J connectivity index is 2.09. The first kappa shape index (κ1) is 7.26. The van der Waals surface area contributed by atoms with E-state index in [2.05, 4.69) is 27.2 Å². The highest BCUT2D eigenvalue weighted by Crippen LogP contribution is 2.37. The van der Waals surface area contributed by atoms with E-state index in [1.165, 1.54) is 16.2 Å². The second kappa shape index (κ2) is 2.42. The lowest BCUT2D eigenvalue weighted by molar-refractivity contribution is 0.903. The fourth-order valence-corrected chi connectivity index (χ4v) is 2.48. The normalized spacial score (nSPS) is 28.8. The molecule has 4 heteroatoms. The van der Waals surface area contributed by atoms with Gasteiger partial charge in [0, 0.05) is 22.4 Å². The summed E-state index contributed by atoms with van der Waals surface area (Å²) >= 11 is 1.65. The van der Waals surface area contributed by atoms with E-state index in [1.807, 2.05) is 13.1 Å². The number of hydrogen-bond donors (Lipinski definition) is 2. The maximum atomic E-state index is 4.53. The Morgan fingerprint density at radius 2 is 2.38 bits per heavy atom. The van der Waals surface area contributed by atoms with Crippen molar-refractivity contribution in [2.45, 2.75) is 13.0 Å². The molecule has 0 amide bonds. The molecule has 0 fully saturated rings. The Kier molecular flexibility index (Phi) is 1.35. The topological polar surface area (TPSA) is 36.4 Å². The fraction of sp³-hybridized carbons (Fsp3) is 0.222. The molecule has 0 aromatic rings. The fourth-order valence-electron chi connectivity index (χ4n) is 1.74. The van der Waals surface area contributed by atoms with E-state index in [9.17, 15) is 0 Å².